The summed E-state index contributed by atoms with van der Waals surface area (Å²) >= 11 is 0. The first kappa shape index (κ1) is 14.9. The van der Waals surface area contributed by atoms with Gasteiger partial charge >= 0.3 is 0 Å². The van der Waals surface area contributed by atoms with E-state index in [1.54, 1.807) is 0 Å². The third kappa shape index (κ3) is 2.39. The van der Waals surface area contributed by atoms with Gasteiger partial charge in [-0.1, -0.05) is 60.7 Å². The van der Waals surface area contributed by atoms with Gasteiger partial charge in [-0.05, 0) is 36.8 Å². The van der Waals surface area contributed by atoms with Crippen LogP contribution in [0.4, 0.5) is 0 Å². The van der Waals surface area contributed by atoms with Gasteiger partial charge in [0.2, 0.25) is 0 Å². The summed E-state index contributed by atoms with van der Waals surface area (Å²) in [7, 11) is 0. The van der Waals surface area contributed by atoms with E-state index in [2.05, 4.69) is 55.5 Å². The van der Waals surface area contributed by atoms with Gasteiger partial charge in [0.1, 0.15) is 11.2 Å². The van der Waals surface area contributed by atoms with E-state index >= 15 is 0 Å². The molecule has 124 valence electrons. The molecule has 0 N–H and O–H groups in total. The number of fused-ring (bicyclic) bond motifs is 3. The Kier molecular flexibility index (Phi) is 3.36. The number of hydrogen-bond donors (Lipinski definition) is 0. The average molecular weight is 335 g/mol. The molecule has 0 amide bonds. The maximum absolute atomic E-state index is 6.18. The SMILES string of the molecule is Cc1cc(-c2ccccc2)nc(-c2cccc3c2oc2ccccc23)c1. The summed E-state index contributed by atoms with van der Waals surface area (Å²) in [5.74, 6) is 0. The van der Waals surface area contributed by atoms with Crippen LogP contribution in [0.1, 0.15) is 5.56 Å². The molecule has 0 radical (unpaired) electrons. The fourth-order valence-electron chi connectivity index (χ4n) is 3.51. The van der Waals surface area contributed by atoms with Crippen LogP contribution < -0.4 is 0 Å². The Morgan fingerprint density at radius 2 is 1.42 bits per heavy atom. The van der Waals surface area contributed by atoms with Crippen molar-refractivity contribution in [2.24, 2.45) is 0 Å². The predicted octanol–water partition coefficient (Wildman–Crippen LogP) is 6.62. The van der Waals surface area contributed by atoms with Gasteiger partial charge in [0.25, 0.3) is 0 Å². The predicted molar refractivity (Wildman–Crippen MR) is 107 cm³/mol. The Balaban J connectivity index is 1.77. The molecule has 3 aromatic carbocycles. The first-order chi connectivity index (χ1) is 12.8. The van der Waals surface area contributed by atoms with Gasteiger partial charge in [0.05, 0.1) is 11.4 Å². The fourth-order valence-corrected chi connectivity index (χ4v) is 3.51. The number of aryl methyl sites for hydroxylation is 1. The van der Waals surface area contributed by atoms with E-state index in [0.29, 0.717) is 0 Å². The first-order valence-electron chi connectivity index (χ1n) is 8.74. The van der Waals surface area contributed by atoms with Gasteiger partial charge in [-0.3, -0.25) is 0 Å². The Morgan fingerprint density at radius 3 is 2.31 bits per heavy atom. The van der Waals surface area contributed by atoms with Gasteiger partial charge in [-0.25, -0.2) is 4.98 Å². The standard InChI is InChI=1S/C24H17NO/c1-16-14-21(17-8-3-2-4-9-17)25-22(15-16)20-12-7-11-19-18-10-5-6-13-23(18)26-24(19)20/h2-15H,1H3. The normalized spacial score (nSPS) is 11.3. The molecule has 0 aliphatic carbocycles. The van der Waals surface area contributed by atoms with E-state index in [0.717, 1.165) is 44.5 Å². The average Bonchev–Trinajstić information content (AvgIpc) is 3.07. The van der Waals surface area contributed by atoms with Gasteiger partial charge in [-0.15, -0.1) is 0 Å². The van der Waals surface area contributed by atoms with Crippen LogP contribution in [-0.2, 0) is 0 Å². The van der Waals surface area contributed by atoms with E-state index in [4.69, 9.17) is 9.40 Å². The van der Waals surface area contributed by atoms with Crippen molar-refractivity contribution >= 4 is 21.9 Å². The van der Waals surface area contributed by atoms with E-state index < -0.39 is 0 Å². The quantitative estimate of drug-likeness (QED) is 0.362. The minimum Gasteiger partial charge on any atom is -0.455 e. The van der Waals surface area contributed by atoms with Crippen molar-refractivity contribution < 1.29 is 4.42 Å². The van der Waals surface area contributed by atoms with E-state index in [1.807, 2.05) is 36.4 Å². The summed E-state index contributed by atoms with van der Waals surface area (Å²) in [6.45, 7) is 2.11. The highest BCUT2D eigenvalue weighted by atomic mass is 16.3. The lowest BCUT2D eigenvalue weighted by Gasteiger charge is -2.08. The first-order valence-corrected chi connectivity index (χ1v) is 8.74. The van der Waals surface area contributed by atoms with E-state index in [9.17, 15) is 0 Å². The number of benzene rings is 3. The lowest BCUT2D eigenvalue weighted by molar-refractivity contribution is 0.670. The summed E-state index contributed by atoms with van der Waals surface area (Å²) < 4.78 is 6.18. The van der Waals surface area contributed by atoms with Crippen LogP contribution in [0.25, 0.3) is 44.5 Å². The fraction of sp³-hybridized carbons (Fsp3) is 0.0417. The maximum atomic E-state index is 6.18. The molecule has 2 heteroatoms. The minimum absolute atomic E-state index is 0.894. The highest BCUT2D eigenvalue weighted by Crippen LogP contribution is 2.35. The molecule has 0 spiro atoms. The molecule has 2 aromatic heterocycles. The molecule has 5 rings (SSSR count). The zero-order chi connectivity index (χ0) is 17.5. The maximum Gasteiger partial charge on any atom is 0.144 e. The van der Waals surface area contributed by atoms with Crippen LogP contribution in [0.2, 0.25) is 0 Å². The number of aromatic nitrogens is 1. The number of para-hydroxylation sites is 2. The van der Waals surface area contributed by atoms with E-state index in [1.165, 1.54) is 5.56 Å². The molecular formula is C24H17NO. The molecule has 2 heterocycles. The van der Waals surface area contributed by atoms with Gasteiger partial charge in [0, 0.05) is 21.9 Å². The second kappa shape index (κ2) is 5.85. The molecule has 26 heavy (non-hydrogen) atoms. The smallest absolute Gasteiger partial charge is 0.144 e. The molecule has 0 aliphatic rings. The second-order valence-electron chi connectivity index (χ2n) is 6.56. The number of rotatable bonds is 2. The Hall–Kier alpha value is -3.39. The summed E-state index contributed by atoms with van der Waals surface area (Å²) in [5, 5.41) is 2.27. The summed E-state index contributed by atoms with van der Waals surface area (Å²) in [5.41, 5.74) is 7.05. The number of nitrogens with zero attached hydrogens (tertiary/aromatic N) is 1. The molecule has 5 aromatic rings. The van der Waals surface area contributed by atoms with Crippen molar-refractivity contribution in [3.8, 4) is 22.5 Å². The van der Waals surface area contributed by atoms with Crippen LogP contribution in [0, 0.1) is 6.92 Å². The minimum atomic E-state index is 0.894. The van der Waals surface area contributed by atoms with Gasteiger partial charge in [0.15, 0.2) is 0 Å². The Morgan fingerprint density at radius 1 is 0.692 bits per heavy atom. The lowest BCUT2D eigenvalue weighted by atomic mass is 10.0. The topological polar surface area (TPSA) is 26.0 Å². The number of hydrogen-bond acceptors (Lipinski definition) is 2. The molecule has 0 saturated heterocycles. The largest absolute Gasteiger partial charge is 0.455 e. The van der Waals surface area contributed by atoms with Crippen LogP contribution >= 0.6 is 0 Å². The van der Waals surface area contributed by atoms with Crippen molar-refractivity contribution in [2.45, 2.75) is 6.92 Å². The highest BCUT2D eigenvalue weighted by Gasteiger charge is 2.13. The summed E-state index contributed by atoms with van der Waals surface area (Å²) in [6.07, 6.45) is 0. The van der Waals surface area contributed by atoms with E-state index in [-0.39, 0.29) is 0 Å². The summed E-state index contributed by atoms with van der Waals surface area (Å²) in [6, 6.07) is 29.0. The molecule has 0 saturated carbocycles. The highest BCUT2D eigenvalue weighted by molar-refractivity contribution is 6.09. The zero-order valence-electron chi connectivity index (χ0n) is 14.4. The van der Waals surface area contributed by atoms with Crippen molar-refractivity contribution in [2.75, 3.05) is 0 Å². The van der Waals surface area contributed by atoms with Crippen molar-refractivity contribution in [3.63, 3.8) is 0 Å². The van der Waals surface area contributed by atoms with Crippen molar-refractivity contribution in [1.29, 1.82) is 0 Å². The van der Waals surface area contributed by atoms with Crippen LogP contribution in [0.15, 0.2) is 89.3 Å². The van der Waals surface area contributed by atoms with Crippen molar-refractivity contribution in [1.82, 2.24) is 4.98 Å². The van der Waals surface area contributed by atoms with Gasteiger partial charge < -0.3 is 4.42 Å². The Bertz CT molecular complexity index is 1240. The van der Waals surface area contributed by atoms with Crippen LogP contribution in [-0.4, -0.2) is 4.98 Å². The third-order valence-electron chi connectivity index (χ3n) is 4.72. The monoisotopic (exact) mass is 335 g/mol. The Labute approximate surface area is 151 Å². The molecule has 0 atom stereocenters. The van der Waals surface area contributed by atoms with Crippen molar-refractivity contribution in [3.05, 3.63) is 90.5 Å². The number of pyridine rings is 1. The van der Waals surface area contributed by atoms with Crippen LogP contribution in [0.3, 0.4) is 0 Å². The van der Waals surface area contributed by atoms with Gasteiger partial charge in [-0.2, -0.15) is 0 Å². The zero-order valence-corrected chi connectivity index (χ0v) is 14.4. The molecular weight excluding hydrogens is 318 g/mol. The molecule has 0 bridgehead atoms. The van der Waals surface area contributed by atoms with Crippen LogP contribution in [0.5, 0.6) is 0 Å². The molecule has 0 aliphatic heterocycles. The summed E-state index contributed by atoms with van der Waals surface area (Å²) in [4.78, 5) is 4.93. The number of furan rings is 1. The lowest BCUT2D eigenvalue weighted by Crippen LogP contribution is -1.90. The third-order valence-corrected chi connectivity index (χ3v) is 4.72. The molecule has 0 unspecified atom stereocenters. The second-order valence-corrected chi connectivity index (χ2v) is 6.56. The molecule has 2 nitrogen and oxygen atoms in total. The molecule has 0 fully saturated rings.